The van der Waals surface area contributed by atoms with Crippen LogP contribution in [-0.4, -0.2) is 31.7 Å². The SMILES string of the molecule is Cc1ccc(C(=O)C(C)Sc2nnc(CCC(N)=O)n2Cc2ccco2)cc1C. The number of benzene rings is 1. The molecule has 0 aliphatic heterocycles. The van der Waals surface area contributed by atoms with Crippen LogP contribution in [0.25, 0.3) is 0 Å². The van der Waals surface area contributed by atoms with Gasteiger partial charge in [0.25, 0.3) is 0 Å². The van der Waals surface area contributed by atoms with Crippen LogP contribution >= 0.6 is 11.8 Å². The minimum atomic E-state index is -0.398. The van der Waals surface area contributed by atoms with Crippen LogP contribution in [0.4, 0.5) is 0 Å². The molecule has 2 N–H and O–H groups in total. The summed E-state index contributed by atoms with van der Waals surface area (Å²) in [5.41, 5.74) is 8.19. The molecule has 2 aromatic heterocycles. The Bertz CT molecular complexity index is 1010. The molecule has 0 saturated heterocycles. The molecule has 2 heterocycles. The number of nitrogens with two attached hydrogens (primary N) is 1. The number of nitrogens with zero attached hydrogens (tertiary/aromatic N) is 3. The number of aromatic nitrogens is 3. The lowest BCUT2D eigenvalue weighted by molar-refractivity contribution is -0.118. The fourth-order valence-electron chi connectivity index (χ4n) is 2.88. The minimum absolute atomic E-state index is 0.0318. The molecule has 1 atom stereocenters. The molecule has 0 bridgehead atoms. The lowest BCUT2D eigenvalue weighted by Gasteiger charge is -2.13. The average molecular weight is 413 g/mol. The number of carbonyl (C=O) groups is 2. The molecule has 3 rings (SSSR count). The average Bonchev–Trinajstić information content (AvgIpc) is 3.33. The minimum Gasteiger partial charge on any atom is -0.467 e. The van der Waals surface area contributed by atoms with E-state index in [1.165, 1.54) is 11.8 Å². The van der Waals surface area contributed by atoms with E-state index in [0.29, 0.717) is 29.5 Å². The van der Waals surface area contributed by atoms with E-state index in [1.54, 1.807) is 6.26 Å². The normalized spacial score (nSPS) is 12.1. The Morgan fingerprint density at radius 2 is 2.00 bits per heavy atom. The van der Waals surface area contributed by atoms with Crippen molar-refractivity contribution >= 4 is 23.5 Å². The van der Waals surface area contributed by atoms with Crippen LogP contribution in [0, 0.1) is 13.8 Å². The van der Waals surface area contributed by atoms with Gasteiger partial charge in [0, 0.05) is 18.4 Å². The van der Waals surface area contributed by atoms with E-state index in [9.17, 15) is 9.59 Å². The number of thioether (sulfide) groups is 1. The Balaban J connectivity index is 1.81. The molecule has 1 aromatic carbocycles. The Morgan fingerprint density at radius 1 is 1.21 bits per heavy atom. The molecule has 0 spiro atoms. The first-order valence-corrected chi connectivity index (χ1v) is 10.2. The lowest BCUT2D eigenvalue weighted by atomic mass is 10.0. The van der Waals surface area contributed by atoms with Gasteiger partial charge in [-0.05, 0) is 50.1 Å². The Morgan fingerprint density at radius 3 is 2.66 bits per heavy atom. The molecule has 7 nitrogen and oxygen atoms in total. The van der Waals surface area contributed by atoms with Crippen molar-refractivity contribution in [2.45, 2.75) is 50.6 Å². The summed E-state index contributed by atoms with van der Waals surface area (Å²) in [6.07, 6.45) is 2.16. The van der Waals surface area contributed by atoms with Crippen LogP contribution in [0.5, 0.6) is 0 Å². The smallest absolute Gasteiger partial charge is 0.217 e. The summed E-state index contributed by atoms with van der Waals surface area (Å²) in [4.78, 5) is 24.1. The number of furan rings is 1. The van der Waals surface area contributed by atoms with Crippen LogP contribution in [0.1, 0.15) is 46.4 Å². The molecule has 0 aliphatic carbocycles. The second-order valence-electron chi connectivity index (χ2n) is 6.95. The fraction of sp³-hybridized carbons (Fsp3) is 0.333. The topological polar surface area (TPSA) is 104 Å². The molecular formula is C21H24N4O3S. The Kier molecular flexibility index (Phi) is 6.53. The van der Waals surface area contributed by atoms with Crippen molar-refractivity contribution in [3.8, 4) is 0 Å². The maximum atomic E-state index is 12.9. The van der Waals surface area contributed by atoms with Gasteiger partial charge in [0.05, 0.1) is 18.1 Å². The third-order valence-electron chi connectivity index (χ3n) is 4.73. The largest absolute Gasteiger partial charge is 0.467 e. The second kappa shape index (κ2) is 9.09. The van der Waals surface area contributed by atoms with Gasteiger partial charge >= 0.3 is 0 Å². The van der Waals surface area contributed by atoms with Crippen LogP contribution < -0.4 is 5.73 Å². The standard InChI is InChI=1S/C21H24N4O3S/c1-13-6-7-16(11-14(13)2)20(27)15(3)29-21-24-23-19(9-8-18(22)26)25(21)12-17-5-4-10-28-17/h4-7,10-11,15H,8-9,12H2,1-3H3,(H2,22,26). The van der Waals surface area contributed by atoms with Gasteiger partial charge in [0.1, 0.15) is 11.6 Å². The van der Waals surface area contributed by atoms with Crippen LogP contribution in [-0.2, 0) is 17.8 Å². The van der Waals surface area contributed by atoms with Gasteiger partial charge in [0.15, 0.2) is 10.9 Å². The fourth-order valence-corrected chi connectivity index (χ4v) is 3.83. The molecular weight excluding hydrogens is 388 g/mol. The first kappa shape index (κ1) is 20.9. The van der Waals surface area contributed by atoms with Gasteiger partial charge in [-0.3, -0.25) is 14.2 Å². The zero-order chi connectivity index (χ0) is 21.0. The maximum absolute atomic E-state index is 12.9. The van der Waals surface area contributed by atoms with Crippen molar-refractivity contribution in [1.82, 2.24) is 14.8 Å². The summed E-state index contributed by atoms with van der Waals surface area (Å²) >= 11 is 1.34. The Labute approximate surface area is 173 Å². The number of ketones is 1. The predicted octanol–water partition coefficient (Wildman–Crippen LogP) is 3.32. The molecule has 3 aromatic rings. The highest BCUT2D eigenvalue weighted by Crippen LogP contribution is 2.27. The van der Waals surface area contributed by atoms with E-state index in [-0.39, 0.29) is 17.5 Å². The predicted molar refractivity (Wildman–Crippen MR) is 111 cm³/mol. The molecule has 1 amide bonds. The van der Waals surface area contributed by atoms with Crippen LogP contribution in [0.2, 0.25) is 0 Å². The molecule has 1 unspecified atom stereocenters. The first-order chi connectivity index (χ1) is 13.8. The van der Waals surface area contributed by atoms with Gasteiger partial charge in [-0.15, -0.1) is 10.2 Å². The van der Waals surface area contributed by atoms with E-state index in [0.717, 1.165) is 16.9 Å². The molecule has 29 heavy (non-hydrogen) atoms. The van der Waals surface area contributed by atoms with E-state index in [4.69, 9.17) is 10.2 Å². The van der Waals surface area contributed by atoms with Crippen LogP contribution in [0.15, 0.2) is 46.2 Å². The van der Waals surface area contributed by atoms with Gasteiger partial charge in [0.2, 0.25) is 5.91 Å². The third kappa shape index (κ3) is 5.14. The molecule has 0 fully saturated rings. The number of primary amides is 1. The molecule has 8 heteroatoms. The number of Topliss-reactive ketones (excluding diaryl/α,β-unsaturated/α-hetero) is 1. The number of carbonyl (C=O) groups excluding carboxylic acids is 2. The second-order valence-corrected chi connectivity index (χ2v) is 8.26. The van der Waals surface area contributed by atoms with E-state index in [2.05, 4.69) is 10.2 Å². The van der Waals surface area contributed by atoms with Gasteiger partial charge in [-0.1, -0.05) is 23.9 Å². The van der Waals surface area contributed by atoms with E-state index in [1.807, 2.05) is 55.7 Å². The van der Waals surface area contributed by atoms with Gasteiger partial charge in [-0.25, -0.2) is 0 Å². The highest BCUT2D eigenvalue weighted by atomic mass is 32.2. The van der Waals surface area contributed by atoms with Crippen LogP contribution in [0.3, 0.4) is 0 Å². The third-order valence-corrected chi connectivity index (χ3v) is 5.81. The molecule has 0 radical (unpaired) electrons. The summed E-state index contributed by atoms with van der Waals surface area (Å²) in [7, 11) is 0. The molecule has 0 saturated carbocycles. The van der Waals surface area contributed by atoms with Crippen molar-refractivity contribution in [2.24, 2.45) is 5.73 Å². The van der Waals surface area contributed by atoms with Crippen molar-refractivity contribution < 1.29 is 14.0 Å². The number of hydrogen-bond donors (Lipinski definition) is 1. The number of rotatable bonds is 9. The molecule has 152 valence electrons. The van der Waals surface area contributed by atoms with Crippen molar-refractivity contribution in [3.63, 3.8) is 0 Å². The van der Waals surface area contributed by atoms with Crippen molar-refractivity contribution in [2.75, 3.05) is 0 Å². The summed E-state index contributed by atoms with van der Waals surface area (Å²) in [6.45, 7) is 6.29. The first-order valence-electron chi connectivity index (χ1n) is 9.36. The summed E-state index contributed by atoms with van der Waals surface area (Å²) in [5, 5.41) is 8.72. The maximum Gasteiger partial charge on any atom is 0.217 e. The van der Waals surface area contributed by atoms with E-state index >= 15 is 0 Å². The highest BCUT2D eigenvalue weighted by Gasteiger charge is 2.22. The number of amides is 1. The van der Waals surface area contributed by atoms with Crippen molar-refractivity contribution in [3.05, 3.63) is 64.9 Å². The monoisotopic (exact) mass is 412 g/mol. The van der Waals surface area contributed by atoms with Gasteiger partial charge < -0.3 is 10.2 Å². The van der Waals surface area contributed by atoms with Gasteiger partial charge in [-0.2, -0.15) is 0 Å². The molecule has 0 aliphatic rings. The van der Waals surface area contributed by atoms with Crippen molar-refractivity contribution in [1.29, 1.82) is 0 Å². The summed E-state index contributed by atoms with van der Waals surface area (Å²) in [5.74, 6) is 1.00. The quantitative estimate of drug-likeness (QED) is 0.427. The summed E-state index contributed by atoms with van der Waals surface area (Å²) in [6, 6.07) is 9.40. The highest BCUT2D eigenvalue weighted by molar-refractivity contribution is 8.00. The zero-order valence-electron chi connectivity index (χ0n) is 16.7. The summed E-state index contributed by atoms with van der Waals surface area (Å²) < 4.78 is 7.32. The zero-order valence-corrected chi connectivity index (χ0v) is 17.5. The lowest BCUT2D eigenvalue weighted by Crippen LogP contribution is -2.16. The van der Waals surface area contributed by atoms with E-state index < -0.39 is 5.91 Å². The Hall–Kier alpha value is -2.87. The number of aryl methyl sites for hydroxylation is 3. The number of hydrogen-bond acceptors (Lipinski definition) is 6.